The van der Waals surface area contributed by atoms with Gasteiger partial charge in [-0.15, -0.1) is 0 Å². The molecule has 0 unspecified atom stereocenters. The molecule has 21 heavy (non-hydrogen) atoms. The van der Waals surface area contributed by atoms with Crippen LogP contribution < -0.4 is 16.0 Å². The van der Waals surface area contributed by atoms with Crippen LogP contribution in [0.15, 0.2) is 33.8 Å². The molecule has 0 atom stereocenters. The van der Waals surface area contributed by atoms with Crippen molar-refractivity contribution < 1.29 is 17.8 Å². The number of nitrogens with zero attached hydrogens (tertiary/aromatic N) is 2. The Labute approximate surface area is 119 Å². The lowest BCUT2D eigenvalue weighted by Crippen LogP contribution is -2.17. The van der Waals surface area contributed by atoms with Crippen LogP contribution in [0, 0.1) is 17.0 Å². The maximum atomic E-state index is 12.2. The summed E-state index contributed by atoms with van der Waals surface area (Å²) in [7, 11) is -4.25. The van der Waals surface area contributed by atoms with Crippen molar-refractivity contribution in [3.05, 3.63) is 40.3 Å². The lowest BCUT2D eigenvalue weighted by atomic mass is 10.3. The van der Waals surface area contributed by atoms with Crippen molar-refractivity contribution in [2.45, 2.75) is 11.8 Å². The molecule has 1 aromatic heterocycles. The molecule has 0 aliphatic carbocycles. The lowest BCUT2D eigenvalue weighted by Gasteiger charge is -2.08. The number of para-hydroxylation sites is 1. The van der Waals surface area contributed by atoms with E-state index in [0.29, 0.717) is 5.69 Å². The minimum absolute atomic E-state index is 0.133. The van der Waals surface area contributed by atoms with Crippen molar-refractivity contribution in [2.24, 2.45) is 5.84 Å². The molecule has 1 heterocycles. The summed E-state index contributed by atoms with van der Waals surface area (Å²) in [6, 6.07) is 3.40. The second-order valence-electron chi connectivity index (χ2n) is 3.95. The summed E-state index contributed by atoms with van der Waals surface area (Å²) < 4.78 is 31.3. The Kier molecular flexibility index (Phi) is 3.78. The first-order chi connectivity index (χ1) is 9.85. The number of nitrogen functional groups attached to an aromatic ring is 1. The fourth-order valence-electron chi connectivity index (χ4n) is 1.61. The summed E-state index contributed by atoms with van der Waals surface area (Å²) >= 11 is 0. The average molecular weight is 313 g/mol. The number of nitro benzene ring substituents is 1. The van der Waals surface area contributed by atoms with Crippen molar-refractivity contribution in [1.82, 2.24) is 4.98 Å². The number of benzene rings is 1. The van der Waals surface area contributed by atoms with Gasteiger partial charge in [-0.2, -0.15) is 4.98 Å². The number of hydrazine groups is 1. The first-order valence-corrected chi connectivity index (χ1v) is 7.02. The van der Waals surface area contributed by atoms with Gasteiger partial charge in [0.2, 0.25) is 0 Å². The molecule has 0 amide bonds. The summed E-state index contributed by atoms with van der Waals surface area (Å²) in [5.74, 6) is 5.16. The van der Waals surface area contributed by atoms with Crippen molar-refractivity contribution >= 4 is 27.4 Å². The smallest absolute Gasteiger partial charge is 0.314 e. The van der Waals surface area contributed by atoms with Gasteiger partial charge in [0.05, 0.1) is 10.6 Å². The number of nitrogens with two attached hydrogens (primary N) is 1. The van der Waals surface area contributed by atoms with Gasteiger partial charge in [0.15, 0.2) is 4.90 Å². The molecule has 0 aliphatic rings. The average Bonchev–Trinajstić information content (AvgIpc) is 2.82. The molecular weight excluding hydrogens is 302 g/mol. The number of hydrogen-bond acceptors (Lipinski definition) is 8. The Morgan fingerprint density at radius 1 is 1.43 bits per heavy atom. The molecule has 0 saturated heterocycles. The number of aromatic nitrogens is 1. The molecule has 0 spiro atoms. The summed E-state index contributed by atoms with van der Waals surface area (Å²) in [5.41, 5.74) is 1.74. The van der Waals surface area contributed by atoms with E-state index >= 15 is 0 Å². The van der Waals surface area contributed by atoms with E-state index in [9.17, 15) is 18.5 Å². The summed E-state index contributed by atoms with van der Waals surface area (Å²) in [5, 5.41) is 11.1. The van der Waals surface area contributed by atoms with Crippen LogP contribution in [0.5, 0.6) is 0 Å². The maximum Gasteiger partial charge on any atom is 0.314 e. The maximum absolute atomic E-state index is 12.2. The first kappa shape index (κ1) is 14.7. The number of nitrogens with one attached hydrogen (secondary N) is 2. The fraction of sp³-hybridized carbons (Fsp3) is 0.100. The molecule has 1 aromatic carbocycles. The van der Waals surface area contributed by atoms with Gasteiger partial charge in [0.1, 0.15) is 12.0 Å². The van der Waals surface area contributed by atoms with Crippen LogP contribution >= 0.6 is 0 Å². The Hall–Kier alpha value is -2.66. The van der Waals surface area contributed by atoms with Crippen LogP contribution in [0.25, 0.3) is 0 Å². The zero-order valence-electron chi connectivity index (χ0n) is 10.7. The van der Waals surface area contributed by atoms with Gasteiger partial charge in [-0.3, -0.25) is 16.0 Å². The van der Waals surface area contributed by atoms with Gasteiger partial charge in [-0.05, 0) is 19.1 Å². The van der Waals surface area contributed by atoms with Crippen LogP contribution in [0.3, 0.4) is 0 Å². The van der Waals surface area contributed by atoms with Crippen molar-refractivity contribution in [1.29, 1.82) is 0 Å². The highest BCUT2D eigenvalue weighted by atomic mass is 32.2. The molecule has 0 radical (unpaired) electrons. The van der Waals surface area contributed by atoms with Crippen LogP contribution in [0.2, 0.25) is 0 Å². The largest absolute Gasteiger partial charge is 0.431 e. The van der Waals surface area contributed by atoms with Gasteiger partial charge >= 0.3 is 11.7 Å². The van der Waals surface area contributed by atoms with Gasteiger partial charge in [0, 0.05) is 0 Å². The molecule has 0 saturated carbocycles. The molecule has 11 heteroatoms. The van der Waals surface area contributed by atoms with Crippen molar-refractivity contribution in [3.63, 3.8) is 0 Å². The monoisotopic (exact) mass is 313 g/mol. The standard InChI is InChI=1S/C10H11N5O5S/c1-6-5-20-10(12-6)14-21(18,19)8-4-2-3-7(13-11)9(8)15(16)17/h2-5,13H,11H2,1H3,(H,12,14). The Bertz CT molecular complexity index is 785. The molecular formula is C10H11N5O5S. The minimum atomic E-state index is -4.25. The predicted octanol–water partition coefficient (Wildman–Crippen LogP) is 0.978. The molecule has 2 aromatic rings. The Balaban J connectivity index is 2.52. The molecule has 112 valence electrons. The summed E-state index contributed by atoms with van der Waals surface area (Å²) in [4.78, 5) is 13.5. The van der Waals surface area contributed by atoms with Crippen LogP contribution in [0.1, 0.15) is 5.69 Å². The first-order valence-electron chi connectivity index (χ1n) is 5.54. The molecule has 0 bridgehead atoms. The Morgan fingerprint density at radius 2 is 2.14 bits per heavy atom. The second-order valence-corrected chi connectivity index (χ2v) is 5.60. The third kappa shape index (κ3) is 2.93. The number of anilines is 2. The molecule has 10 nitrogen and oxygen atoms in total. The highest BCUT2D eigenvalue weighted by Gasteiger charge is 2.29. The number of rotatable bonds is 5. The topological polar surface area (TPSA) is 153 Å². The van der Waals surface area contributed by atoms with Gasteiger partial charge in [0.25, 0.3) is 10.0 Å². The minimum Gasteiger partial charge on any atom is -0.431 e. The fourth-order valence-corrected chi connectivity index (χ4v) is 2.75. The van der Waals surface area contributed by atoms with E-state index < -0.39 is 25.5 Å². The van der Waals surface area contributed by atoms with E-state index in [4.69, 9.17) is 10.3 Å². The molecule has 4 N–H and O–H groups in total. The zero-order valence-corrected chi connectivity index (χ0v) is 11.5. The van der Waals surface area contributed by atoms with E-state index in [1.165, 1.54) is 18.4 Å². The molecule has 0 fully saturated rings. The second kappa shape index (κ2) is 5.38. The van der Waals surface area contributed by atoms with E-state index in [2.05, 4.69) is 10.4 Å². The lowest BCUT2D eigenvalue weighted by molar-refractivity contribution is -0.386. The highest BCUT2D eigenvalue weighted by Crippen LogP contribution is 2.32. The molecule has 2 rings (SSSR count). The van der Waals surface area contributed by atoms with E-state index in [-0.39, 0.29) is 11.7 Å². The number of oxazole rings is 1. The van der Waals surface area contributed by atoms with E-state index in [1.807, 2.05) is 4.72 Å². The summed E-state index contributed by atoms with van der Waals surface area (Å²) in [6.07, 6.45) is 1.24. The third-order valence-corrected chi connectivity index (χ3v) is 3.82. The zero-order chi connectivity index (χ0) is 15.6. The van der Waals surface area contributed by atoms with Crippen LogP contribution in [-0.4, -0.2) is 18.3 Å². The molecule has 0 aliphatic heterocycles. The highest BCUT2D eigenvalue weighted by molar-refractivity contribution is 7.92. The van der Waals surface area contributed by atoms with Crippen LogP contribution in [-0.2, 0) is 10.0 Å². The number of sulfonamides is 1. The van der Waals surface area contributed by atoms with E-state index in [1.54, 1.807) is 6.92 Å². The van der Waals surface area contributed by atoms with Gasteiger partial charge < -0.3 is 9.84 Å². The predicted molar refractivity (Wildman–Crippen MR) is 73.0 cm³/mol. The number of nitro groups is 1. The summed E-state index contributed by atoms with van der Waals surface area (Å²) in [6.45, 7) is 1.60. The van der Waals surface area contributed by atoms with Crippen molar-refractivity contribution in [3.8, 4) is 0 Å². The SMILES string of the molecule is Cc1coc(NS(=O)(=O)c2cccc(NN)c2[N+](=O)[O-])n1. The number of aryl methyl sites for hydroxylation is 1. The van der Waals surface area contributed by atoms with E-state index in [0.717, 1.165) is 6.07 Å². The Morgan fingerprint density at radius 3 is 2.67 bits per heavy atom. The van der Waals surface area contributed by atoms with Gasteiger partial charge in [-0.25, -0.2) is 13.1 Å². The van der Waals surface area contributed by atoms with Crippen LogP contribution in [0.4, 0.5) is 17.4 Å². The quantitative estimate of drug-likeness (QED) is 0.419. The number of hydrogen-bond donors (Lipinski definition) is 3. The van der Waals surface area contributed by atoms with Crippen molar-refractivity contribution in [2.75, 3.05) is 10.1 Å². The normalized spacial score (nSPS) is 11.1. The van der Waals surface area contributed by atoms with Gasteiger partial charge in [-0.1, -0.05) is 6.07 Å². The third-order valence-electron chi connectivity index (χ3n) is 2.47.